The Morgan fingerprint density at radius 3 is 2.06 bits per heavy atom. The highest BCUT2D eigenvalue weighted by Crippen LogP contribution is 2.38. The van der Waals surface area contributed by atoms with E-state index in [0.29, 0.717) is 31.2 Å². The van der Waals surface area contributed by atoms with E-state index in [9.17, 15) is 0 Å². The molecule has 0 aliphatic heterocycles. The molecule has 0 N–H and O–H groups in total. The molecule has 0 bridgehead atoms. The zero-order valence-corrected chi connectivity index (χ0v) is 10.9. The zero-order valence-electron chi connectivity index (χ0n) is 7.85. The second-order valence-electron chi connectivity index (χ2n) is 3.10. The van der Waals surface area contributed by atoms with Crippen LogP contribution in [0.1, 0.15) is 0 Å². The third-order valence-corrected chi connectivity index (χ3v) is 3.19. The van der Waals surface area contributed by atoms with Gasteiger partial charge in [-0.05, 0) is 18.2 Å². The van der Waals surface area contributed by atoms with Crippen molar-refractivity contribution in [3.05, 3.63) is 50.7 Å². The van der Waals surface area contributed by atoms with Gasteiger partial charge in [0.25, 0.3) is 0 Å². The molecule has 0 amide bonds. The molecule has 1 aromatic carbocycles. The molecule has 2 rings (SSSR count). The molecule has 0 radical (unpaired) electrons. The summed E-state index contributed by atoms with van der Waals surface area (Å²) in [6.07, 6.45) is 3.03. The summed E-state index contributed by atoms with van der Waals surface area (Å²) in [5.41, 5.74) is 1.34. The molecule has 1 nitrogen and oxygen atoms in total. The number of hydrogen-bond acceptors (Lipinski definition) is 1. The van der Waals surface area contributed by atoms with Crippen LogP contribution < -0.4 is 0 Å². The van der Waals surface area contributed by atoms with Crippen molar-refractivity contribution in [3.63, 3.8) is 0 Å². The van der Waals surface area contributed by atoms with Crippen LogP contribution in [-0.4, -0.2) is 4.98 Å². The molecule has 0 aliphatic rings. The Labute approximate surface area is 113 Å². The Bertz CT molecular complexity index is 519. The lowest BCUT2D eigenvalue weighted by Gasteiger charge is -2.08. The van der Waals surface area contributed by atoms with Crippen molar-refractivity contribution < 1.29 is 0 Å². The van der Waals surface area contributed by atoms with Crippen LogP contribution in [0.4, 0.5) is 0 Å². The minimum Gasteiger partial charge on any atom is -0.262 e. The highest BCUT2D eigenvalue weighted by Gasteiger charge is 2.12. The summed E-state index contributed by atoms with van der Waals surface area (Å²) < 4.78 is 0. The van der Waals surface area contributed by atoms with Crippen molar-refractivity contribution in [1.29, 1.82) is 0 Å². The van der Waals surface area contributed by atoms with Gasteiger partial charge in [0, 0.05) is 33.6 Å². The van der Waals surface area contributed by atoms with E-state index < -0.39 is 0 Å². The molecule has 82 valence electrons. The number of halogens is 4. The number of nitrogens with zero attached hydrogens (tertiary/aromatic N) is 1. The number of aromatic nitrogens is 1. The summed E-state index contributed by atoms with van der Waals surface area (Å²) in [5.74, 6) is 0. The van der Waals surface area contributed by atoms with Gasteiger partial charge in [0.15, 0.2) is 0 Å². The van der Waals surface area contributed by atoms with Crippen molar-refractivity contribution in [3.8, 4) is 11.1 Å². The van der Waals surface area contributed by atoms with Crippen LogP contribution in [0.5, 0.6) is 0 Å². The molecule has 16 heavy (non-hydrogen) atoms. The Kier molecular flexibility index (Phi) is 3.60. The van der Waals surface area contributed by atoms with Crippen LogP contribution in [-0.2, 0) is 0 Å². The van der Waals surface area contributed by atoms with Crippen LogP contribution in [0.15, 0.2) is 30.6 Å². The summed E-state index contributed by atoms with van der Waals surface area (Å²) >= 11 is 24.1. The minimum absolute atomic E-state index is 0.441. The van der Waals surface area contributed by atoms with Gasteiger partial charge in [-0.25, -0.2) is 0 Å². The number of pyridine rings is 1. The topological polar surface area (TPSA) is 12.9 Å². The van der Waals surface area contributed by atoms with Gasteiger partial charge in [0.2, 0.25) is 0 Å². The first-order chi connectivity index (χ1) is 7.59. The summed E-state index contributed by atoms with van der Waals surface area (Å²) in [6.45, 7) is 0. The Morgan fingerprint density at radius 1 is 0.812 bits per heavy atom. The van der Waals surface area contributed by atoms with Gasteiger partial charge in [-0.3, -0.25) is 4.98 Å². The van der Waals surface area contributed by atoms with E-state index in [1.54, 1.807) is 18.2 Å². The lowest BCUT2D eigenvalue weighted by molar-refractivity contribution is 1.33. The Balaban J connectivity index is 2.72. The van der Waals surface area contributed by atoms with Crippen molar-refractivity contribution in [2.75, 3.05) is 0 Å². The van der Waals surface area contributed by atoms with Gasteiger partial charge in [0.1, 0.15) is 0 Å². The van der Waals surface area contributed by atoms with Crippen LogP contribution >= 0.6 is 46.4 Å². The molecule has 5 heteroatoms. The van der Waals surface area contributed by atoms with E-state index in [1.165, 1.54) is 12.4 Å². The zero-order chi connectivity index (χ0) is 11.7. The third-order valence-electron chi connectivity index (χ3n) is 2.05. The maximum absolute atomic E-state index is 6.08. The smallest absolute Gasteiger partial charge is 0.0683 e. The highest BCUT2D eigenvalue weighted by molar-refractivity contribution is 6.41. The lowest BCUT2D eigenvalue weighted by Crippen LogP contribution is -1.85. The quantitative estimate of drug-likeness (QED) is 0.689. The fourth-order valence-corrected chi connectivity index (χ4v) is 2.31. The summed E-state index contributed by atoms with van der Waals surface area (Å²) in [6, 6.07) is 5.12. The molecular weight excluding hydrogens is 288 g/mol. The van der Waals surface area contributed by atoms with Gasteiger partial charge in [-0.15, -0.1) is 0 Å². The number of benzene rings is 1. The number of hydrogen-bond donors (Lipinski definition) is 0. The Morgan fingerprint density at radius 2 is 1.44 bits per heavy atom. The molecule has 1 aromatic heterocycles. The fraction of sp³-hybridized carbons (Fsp3) is 0. The van der Waals surface area contributed by atoms with Crippen LogP contribution in [0.2, 0.25) is 20.1 Å². The van der Waals surface area contributed by atoms with E-state index in [-0.39, 0.29) is 0 Å². The first-order valence-corrected chi connectivity index (χ1v) is 5.85. The van der Waals surface area contributed by atoms with Crippen LogP contribution in [0.25, 0.3) is 11.1 Å². The Hall–Kier alpha value is -0.470. The van der Waals surface area contributed by atoms with E-state index in [4.69, 9.17) is 46.4 Å². The van der Waals surface area contributed by atoms with Gasteiger partial charge >= 0.3 is 0 Å². The normalized spacial score (nSPS) is 10.5. The monoisotopic (exact) mass is 291 g/mol. The van der Waals surface area contributed by atoms with E-state index in [1.807, 2.05) is 0 Å². The first-order valence-electron chi connectivity index (χ1n) is 4.34. The summed E-state index contributed by atoms with van der Waals surface area (Å²) in [5, 5.41) is 2.00. The summed E-state index contributed by atoms with van der Waals surface area (Å²) in [4.78, 5) is 3.88. The van der Waals surface area contributed by atoms with Gasteiger partial charge in [-0.2, -0.15) is 0 Å². The van der Waals surface area contributed by atoms with E-state index in [2.05, 4.69) is 4.98 Å². The maximum atomic E-state index is 6.08. The first kappa shape index (κ1) is 12.0. The average molecular weight is 293 g/mol. The SMILES string of the molecule is Clc1ccc(Cl)c(-c2c(Cl)cncc2Cl)c1. The van der Waals surface area contributed by atoms with Crippen molar-refractivity contribution in [2.24, 2.45) is 0 Å². The molecule has 0 saturated heterocycles. The highest BCUT2D eigenvalue weighted by atomic mass is 35.5. The molecule has 0 atom stereocenters. The predicted octanol–water partition coefficient (Wildman–Crippen LogP) is 5.36. The van der Waals surface area contributed by atoms with E-state index >= 15 is 0 Å². The maximum Gasteiger partial charge on any atom is 0.0683 e. The minimum atomic E-state index is 0.441. The van der Waals surface area contributed by atoms with Crippen molar-refractivity contribution in [2.45, 2.75) is 0 Å². The van der Waals surface area contributed by atoms with E-state index in [0.717, 1.165) is 0 Å². The summed E-state index contributed by atoms with van der Waals surface area (Å²) in [7, 11) is 0. The van der Waals surface area contributed by atoms with Gasteiger partial charge in [-0.1, -0.05) is 46.4 Å². The predicted molar refractivity (Wildman–Crippen MR) is 69.7 cm³/mol. The molecule has 0 unspecified atom stereocenters. The molecule has 2 aromatic rings. The average Bonchev–Trinajstić information content (AvgIpc) is 2.23. The standard InChI is InChI=1S/C11H5Cl4N/c12-6-1-2-8(13)7(3-6)11-9(14)4-16-5-10(11)15/h1-5H. The van der Waals surface area contributed by atoms with Crippen LogP contribution in [0, 0.1) is 0 Å². The molecule has 1 heterocycles. The second kappa shape index (κ2) is 4.80. The molecule has 0 saturated carbocycles. The van der Waals surface area contributed by atoms with Crippen molar-refractivity contribution >= 4 is 46.4 Å². The molecule has 0 spiro atoms. The second-order valence-corrected chi connectivity index (χ2v) is 4.76. The van der Waals surface area contributed by atoms with Gasteiger partial charge < -0.3 is 0 Å². The fourth-order valence-electron chi connectivity index (χ4n) is 1.36. The van der Waals surface area contributed by atoms with Crippen LogP contribution in [0.3, 0.4) is 0 Å². The third kappa shape index (κ3) is 2.28. The molecule has 0 aliphatic carbocycles. The lowest BCUT2D eigenvalue weighted by atomic mass is 10.1. The van der Waals surface area contributed by atoms with Crippen molar-refractivity contribution in [1.82, 2.24) is 4.98 Å². The largest absolute Gasteiger partial charge is 0.262 e. The van der Waals surface area contributed by atoms with Gasteiger partial charge in [0.05, 0.1) is 10.0 Å². The molecule has 0 fully saturated rings. The molecular formula is C11H5Cl4N. The number of rotatable bonds is 1.